The summed E-state index contributed by atoms with van der Waals surface area (Å²) in [6.45, 7) is 0.376. The van der Waals surface area contributed by atoms with Crippen molar-refractivity contribution >= 4 is 11.8 Å². The second-order valence-electron chi connectivity index (χ2n) is 5.22. The zero-order valence-electron chi connectivity index (χ0n) is 10.9. The molecule has 1 aromatic rings. The maximum atomic E-state index is 14.3. The van der Waals surface area contributed by atoms with Crippen LogP contribution in [0.15, 0.2) is 35.2 Å². The molecule has 1 aromatic carbocycles. The van der Waals surface area contributed by atoms with Gasteiger partial charge in [-0.05, 0) is 25.0 Å². The Hall–Kier alpha value is -0.580. The van der Waals surface area contributed by atoms with Crippen LogP contribution in [0.25, 0.3) is 0 Å². The average Bonchev–Trinajstić information content (AvgIpc) is 2.85. The second kappa shape index (κ2) is 5.81. The lowest BCUT2D eigenvalue weighted by Crippen LogP contribution is -2.34. The van der Waals surface area contributed by atoms with Gasteiger partial charge in [0.1, 0.15) is 6.10 Å². The highest BCUT2D eigenvalue weighted by molar-refractivity contribution is 7.99. The lowest BCUT2D eigenvalue weighted by molar-refractivity contribution is -0.189. The van der Waals surface area contributed by atoms with Crippen LogP contribution in [0.3, 0.4) is 0 Å². The highest BCUT2D eigenvalue weighted by Gasteiger charge is 2.45. The van der Waals surface area contributed by atoms with E-state index in [1.165, 1.54) is 18.2 Å². The van der Waals surface area contributed by atoms with Crippen LogP contribution in [-0.4, -0.2) is 24.0 Å². The molecule has 0 N–H and O–H groups in total. The van der Waals surface area contributed by atoms with Crippen LogP contribution in [0.5, 0.6) is 0 Å². The Morgan fingerprint density at radius 3 is 2.63 bits per heavy atom. The minimum absolute atomic E-state index is 0.376. The fourth-order valence-electron chi connectivity index (χ4n) is 2.76. The van der Waals surface area contributed by atoms with Gasteiger partial charge in [0.05, 0.1) is 6.61 Å². The number of ether oxygens (including phenoxy) is 2. The van der Waals surface area contributed by atoms with Gasteiger partial charge in [-0.1, -0.05) is 36.4 Å². The molecule has 1 aliphatic carbocycles. The van der Waals surface area contributed by atoms with Crippen molar-refractivity contribution in [2.24, 2.45) is 0 Å². The lowest BCUT2D eigenvalue weighted by Gasteiger charge is -2.32. The van der Waals surface area contributed by atoms with E-state index in [1.54, 1.807) is 0 Å². The van der Waals surface area contributed by atoms with Gasteiger partial charge in [0.15, 0.2) is 11.3 Å². The molecule has 4 heteroatoms. The highest BCUT2D eigenvalue weighted by atomic mass is 32.2. The maximum Gasteiger partial charge on any atom is 0.178 e. The molecular weight excluding hydrogens is 263 g/mol. The van der Waals surface area contributed by atoms with E-state index in [-0.39, 0.29) is 0 Å². The largest absolute Gasteiger partial charge is 0.347 e. The van der Waals surface area contributed by atoms with Crippen LogP contribution >= 0.6 is 11.8 Å². The molecule has 1 aliphatic heterocycles. The maximum absolute atomic E-state index is 14.3. The van der Waals surface area contributed by atoms with Gasteiger partial charge in [-0.15, -0.1) is 0 Å². The number of rotatable bonds is 3. The van der Waals surface area contributed by atoms with E-state index in [9.17, 15) is 4.39 Å². The monoisotopic (exact) mass is 282 g/mol. The summed E-state index contributed by atoms with van der Waals surface area (Å²) < 4.78 is 26.0. The Bertz CT molecular complexity index is 406. The number of thioether (sulfide) groups is 1. The van der Waals surface area contributed by atoms with E-state index in [0.29, 0.717) is 6.61 Å². The average molecular weight is 282 g/mol. The zero-order chi connectivity index (χ0) is 13.1. The van der Waals surface area contributed by atoms with Gasteiger partial charge in [0.2, 0.25) is 0 Å². The third-order valence-corrected chi connectivity index (χ3v) is 4.85. The number of alkyl halides is 1. The number of benzene rings is 1. The Labute approximate surface area is 117 Å². The summed E-state index contributed by atoms with van der Waals surface area (Å²) >= 11 is 1.22. The van der Waals surface area contributed by atoms with Crippen molar-refractivity contribution in [2.75, 3.05) is 6.61 Å². The lowest BCUT2D eigenvalue weighted by atomic mass is 9.94. The summed E-state index contributed by atoms with van der Waals surface area (Å²) in [7, 11) is 0. The van der Waals surface area contributed by atoms with Crippen LogP contribution < -0.4 is 0 Å². The summed E-state index contributed by atoms with van der Waals surface area (Å²) in [5.74, 6) is -0.482. The second-order valence-corrected chi connectivity index (χ2v) is 6.38. The predicted molar refractivity (Wildman–Crippen MR) is 73.8 cm³/mol. The van der Waals surface area contributed by atoms with Gasteiger partial charge >= 0.3 is 0 Å². The summed E-state index contributed by atoms with van der Waals surface area (Å²) in [5.41, 5.74) is -1.07. The van der Waals surface area contributed by atoms with E-state index >= 15 is 0 Å². The highest BCUT2D eigenvalue weighted by Crippen LogP contribution is 2.41. The SMILES string of the molecule is F[C@@H](Sc1ccccc1)[C@H]1COC2(CCCCC2)O1. The normalized spacial score (nSPS) is 27.5. The van der Waals surface area contributed by atoms with E-state index in [1.807, 2.05) is 30.3 Å². The van der Waals surface area contributed by atoms with Crippen molar-refractivity contribution in [1.82, 2.24) is 0 Å². The van der Waals surface area contributed by atoms with Crippen LogP contribution in [0.4, 0.5) is 4.39 Å². The molecule has 1 saturated heterocycles. The Morgan fingerprint density at radius 1 is 1.16 bits per heavy atom. The van der Waals surface area contributed by atoms with Gasteiger partial charge in [-0.2, -0.15) is 0 Å². The summed E-state index contributed by atoms with van der Waals surface area (Å²) in [6, 6.07) is 9.61. The molecule has 1 spiro atoms. The zero-order valence-corrected chi connectivity index (χ0v) is 11.7. The Morgan fingerprint density at radius 2 is 1.89 bits per heavy atom. The molecule has 0 aromatic heterocycles. The smallest absolute Gasteiger partial charge is 0.178 e. The summed E-state index contributed by atoms with van der Waals surface area (Å²) in [4.78, 5) is 0.934. The van der Waals surface area contributed by atoms with Crippen molar-refractivity contribution in [3.05, 3.63) is 30.3 Å². The third kappa shape index (κ3) is 3.12. The van der Waals surface area contributed by atoms with E-state index in [4.69, 9.17) is 9.47 Å². The Balaban J connectivity index is 1.58. The summed E-state index contributed by atoms with van der Waals surface area (Å²) in [6.07, 6.45) is 4.85. The van der Waals surface area contributed by atoms with Crippen LogP contribution in [0.2, 0.25) is 0 Å². The molecule has 19 heavy (non-hydrogen) atoms. The molecule has 0 bridgehead atoms. The number of halogens is 1. The van der Waals surface area contributed by atoms with Crippen LogP contribution in [0.1, 0.15) is 32.1 Å². The first kappa shape index (κ1) is 13.4. The molecule has 1 saturated carbocycles. The van der Waals surface area contributed by atoms with Gasteiger partial charge in [0.25, 0.3) is 0 Å². The minimum Gasteiger partial charge on any atom is -0.347 e. The molecule has 0 unspecified atom stereocenters. The molecule has 2 aliphatic rings. The van der Waals surface area contributed by atoms with Gasteiger partial charge in [0, 0.05) is 17.7 Å². The molecule has 0 amide bonds. The van der Waals surface area contributed by atoms with Crippen molar-refractivity contribution in [2.45, 2.75) is 54.4 Å². The van der Waals surface area contributed by atoms with Gasteiger partial charge in [-0.25, -0.2) is 4.39 Å². The Kier molecular flexibility index (Phi) is 4.10. The van der Waals surface area contributed by atoms with Gasteiger partial charge in [-0.3, -0.25) is 0 Å². The molecule has 2 fully saturated rings. The number of hydrogen-bond acceptors (Lipinski definition) is 3. The standard InChI is InChI=1S/C15H19FO2S/c16-14(19-12-7-3-1-4-8-12)13-11-17-15(18-13)9-5-2-6-10-15/h1,3-4,7-8,13-14H,2,5-6,9-11H2/t13-,14+/m1/s1. The first-order valence-corrected chi connectivity index (χ1v) is 7.83. The molecular formula is C15H19FO2S. The van der Waals surface area contributed by atoms with E-state index in [0.717, 1.165) is 30.6 Å². The van der Waals surface area contributed by atoms with Gasteiger partial charge < -0.3 is 9.47 Å². The van der Waals surface area contributed by atoms with Crippen molar-refractivity contribution < 1.29 is 13.9 Å². The topological polar surface area (TPSA) is 18.5 Å². The van der Waals surface area contributed by atoms with Crippen molar-refractivity contribution in [3.63, 3.8) is 0 Å². The van der Waals surface area contributed by atoms with E-state index in [2.05, 4.69) is 0 Å². The summed E-state index contributed by atoms with van der Waals surface area (Å²) in [5, 5.41) is 0. The molecule has 2 nitrogen and oxygen atoms in total. The van der Waals surface area contributed by atoms with E-state index < -0.39 is 17.4 Å². The fraction of sp³-hybridized carbons (Fsp3) is 0.600. The fourth-order valence-corrected chi connectivity index (χ4v) is 3.62. The minimum atomic E-state index is -1.07. The quantitative estimate of drug-likeness (QED) is 0.776. The first-order chi connectivity index (χ1) is 9.27. The molecule has 1 heterocycles. The molecule has 2 atom stereocenters. The molecule has 0 radical (unpaired) electrons. The van der Waals surface area contributed by atoms with Crippen LogP contribution in [-0.2, 0) is 9.47 Å². The van der Waals surface area contributed by atoms with Crippen molar-refractivity contribution in [1.29, 1.82) is 0 Å². The molecule has 104 valence electrons. The predicted octanol–water partition coefficient (Wildman–Crippen LogP) is 4.15. The van der Waals surface area contributed by atoms with Crippen LogP contribution in [0, 0.1) is 0 Å². The first-order valence-electron chi connectivity index (χ1n) is 6.95. The number of hydrogen-bond donors (Lipinski definition) is 0. The van der Waals surface area contributed by atoms with Crippen molar-refractivity contribution in [3.8, 4) is 0 Å². The third-order valence-electron chi connectivity index (χ3n) is 3.78. The molecule has 3 rings (SSSR count).